The molecule has 0 aliphatic heterocycles. The van der Waals surface area contributed by atoms with Crippen LogP contribution in [0.3, 0.4) is 0 Å². The van der Waals surface area contributed by atoms with Gasteiger partial charge in [0.25, 0.3) is 0 Å². The summed E-state index contributed by atoms with van der Waals surface area (Å²) in [7, 11) is 0. The van der Waals surface area contributed by atoms with E-state index in [4.69, 9.17) is 10.5 Å². The number of imidazole rings is 1. The van der Waals surface area contributed by atoms with Gasteiger partial charge in [-0.25, -0.2) is 4.79 Å². The lowest BCUT2D eigenvalue weighted by Gasteiger charge is -2.07. The van der Waals surface area contributed by atoms with Crippen molar-refractivity contribution in [3.05, 3.63) is 82.3 Å². The maximum absolute atomic E-state index is 13.4. The Hall–Kier alpha value is -3.61. The Labute approximate surface area is 174 Å². The summed E-state index contributed by atoms with van der Waals surface area (Å²) in [5.74, 6) is 0.242. The lowest BCUT2D eigenvalue weighted by molar-refractivity contribution is 0.286. The van der Waals surface area contributed by atoms with Gasteiger partial charge in [-0.1, -0.05) is 74.0 Å². The highest BCUT2D eigenvalue weighted by atomic mass is 16.5. The highest BCUT2D eigenvalue weighted by Gasteiger charge is 2.20. The average molecular weight is 403 g/mol. The third-order valence-corrected chi connectivity index (χ3v) is 4.96. The molecule has 4 rings (SSSR count). The van der Waals surface area contributed by atoms with E-state index >= 15 is 0 Å². The molecule has 4 aromatic rings. The van der Waals surface area contributed by atoms with Crippen LogP contribution >= 0.6 is 0 Å². The Balaban J connectivity index is 1.84. The van der Waals surface area contributed by atoms with Crippen LogP contribution in [0.5, 0.6) is 6.01 Å². The first kappa shape index (κ1) is 19.7. The molecule has 7 nitrogen and oxygen atoms in total. The molecule has 0 fully saturated rings. The third-order valence-electron chi connectivity index (χ3n) is 4.96. The minimum Gasteiger partial charge on any atom is -0.463 e. The van der Waals surface area contributed by atoms with E-state index < -0.39 is 0 Å². The van der Waals surface area contributed by atoms with E-state index in [0.29, 0.717) is 30.9 Å². The fourth-order valence-electron chi connectivity index (χ4n) is 3.41. The van der Waals surface area contributed by atoms with Crippen LogP contribution in [0.1, 0.15) is 30.9 Å². The smallest absolute Gasteiger partial charge is 0.331 e. The molecule has 2 aromatic carbocycles. The van der Waals surface area contributed by atoms with E-state index in [1.165, 1.54) is 0 Å². The summed E-state index contributed by atoms with van der Waals surface area (Å²) in [6, 6.07) is 19.8. The van der Waals surface area contributed by atoms with E-state index in [2.05, 4.69) is 16.9 Å². The van der Waals surface area contributed by atoms with Gasteiger partial charge in [0.2, 0.25) is 0 Å². The van der Waals surface area contributed by atoms with Crippen LogP contribution in [0, 0.1) is 0 Å². The topological polar surface area (TPSA) is 88.0 Å². The average Bonchev–Trinajstić information content (AvgIpc) is 3.02. The van der Waals surface area contributed by atoms with Crippen LogP contribution in [-0.2, 0) is 13.1 Å². The molecule has 30 heavy (non-hydrogen) atoms. The quantitative estimate of drug-likeness (QED) is 0.455. The fraction of sp³-hybridized carbons (Fsp3) is 0.261. The van der Waals surface area contributed by atoms with Gasteiger partial charge < -0.3 is 10.5 Å². The largest absolute Gasteiger partial charge is 0.463 e. The zero-order valence-electron chi connectivity index (χ0n) is 17.0. The van der Waals surface area contributed by atoms with E-state index in [1.54, 1.807) is 9.13 Å². The van der Waals surface area contributed by atoms with Gasteiger partial charge in [0.15, 0.2) is 11.5 Å². The fourth-order valence-corrected chi connectivity index (χ4v) is 3.41. The number of nitrogens with zero attached hydrogens (tertiary/aromatic N) is 4. The number of anilines is 1. The molecule has 0 atom stereocenters. The number of hydrogen-bond acceptors (Lipinski definition) is 5. The summed E-state index contributed by atoms with van der Waals surface area (Å²) in [5.41, 5.74) is 9.13. The predicted octanol–water partition coefficient (Wildman–Crippen LogP) is 3.45. The molecule has 7 heteroatoms. The molecule has 2 N–H and O–H groups in total. The first-order valence-electron chi connectivity index (χ1n) is 10.1. The van der Waals surface area contributed by atoms with Gasteiger partial charge in [0.1, 0.15) is 5.52 Å². The molecule has 0 bridgehead atoms. The zero-order chi connectivity index (χ0) is 20.9. The number of nitrogens with two attached hydrogens (primary N) is 1. The molecule has 0 saturated heterocycles. The van der Waals surface area contributed by atoms with E-state index in [-0.39, 0.29) is 17.5 Å². The van der Waals surface area contributed by atoms with Crippen molar-refractivity contribution in [3.8, 4) is 6.01 Å². The van der Waals surface area contributed by atoms with Crippen molar-refractivity contribution in [2.24, 2.45) is 0 Å². The Morgan fingerprint density at radius 2 is 1.50 bits per heavy atom. The van der Waals surface area contributed by atoms with Gasteiger partial charge in [-0.3, -0.25) is 9.13 Å². The molecule has 0 radical (unpaired) electrons. The van der Waals surface area contributed by atoms with Gasteiger partial charge in [0, 0.05) is 0 Å². The van der Waals surface area contributed by atoms with Crippen LogP contribution in [0.4, 0.5) is 5.82 Å². The van der Waals surface area contributed by atoms with Crippen molar-refractivity contribution < 1.29 is 4.74 Å². The number of benzene rings is 2. The Kier molecular flexibility index (Phi) is 5.79. The molecule has 0 saturated carbocycles. The summed E-state index contributed by atoms with van der Waals surface area (Å²) in [4.78, 5) is 22.2. The molecular weight excluding hydrogens is 378 g/mol. The van der Waals surface area contributed by atoms with Gasteiger partial charge >= 0.3 is 11.7 Å². The normalized spacial score (nSPS) is 11.1. The number of rotatable bonds is 8. The molecular formula is C23H25N5O2. The monoisotopic (exact) mass is 403 g/mol. The second kappa shape index (κ2) is 8.82. The van der Waals surface area contributed by atoms with Crippen LogP contribution in [0.2, 0.25) is 0 Å². The summed E-state index contributed by atoms with van der Waals surface area (Å²) in [5, 5.41) is 0. The summed E-state index contributed by atoms with van der Waals surface area (Å²) in [6.45, 7) is 3.38. The van der Waals surface area contributed by atoms with Crippen LogP contribution < -0.4 is 16.2 Å². The number of ether oxygens (including phenoxy) is 1. The second-order valence-corrected chi connectivity index (χ2v) is 7.19. The standard InChI is InChI=1S/C23H25N5O2/c1-2-3-14-30-22-25-20(24)19-21(26-22)28(16-18-12-8-5-9-13-18)23(29)27(19)15-17-10-6-4-7-11-17/h4-13H,2-3,14-16H2,1H3,(H2,24,25,26). The van der Waals surface area contributed by atoms with E-state index in [9.17, 15) is 4.79 Å². The molecule has 0 aliphatic carbocycles. The third kappa shape index (κ3) is 4.05. The predicted molar refractivity (Wildman–Crippen MR) is 118 cm³/mol. The molecule has 0 amide bonds. The van der Waals surface area contributed by atoms with Gasteiger partial charge in [0.05, 0.1) is 19.7 Å². The number of aromatic nitrogens is 4. The van der Waals surface area contributed by atoms with Crippen molar-refractivity contribution in [2.45, 2.75) is 32.9 Å². The lowest BCUT2D eigenvalue weighted by Crippen LogP contribution is -2.25. The zero-order valence-corrected chi connectivity index (χ0v) is 17.0. The SMILES string of the molecule is CCCCOc1nc(N)c2c(n1)n(Cc1ccccc1)c(=O)n2Cc1ccccc1. The molecule has 0 unspecified atom stereocenters. The summed E-state index contributed by atoms with van der Waals surface area (Å²) < 4.78 is 8.96. The number of fused-ring (bicyclic) bond motifs is 1. The maximum Gasteiger partial charge on any atom is 0.331 e. The van der Waals surface area contributed by atoms with Crippen molar-refractivity contribution >= 4 is 17.0 Å². The molecule has 2 heterocycles. The maximum atomic E-state index is 13.4. The van der Waals surface area contributed by atoms with Gasteiger partial charge in [-0.2, -0.15) is 9.97 Å². The second-order valence-electron chi connectivity index (χ2n) is 7.19. The first-order valence-corrected chi connectivity index (χ1v) is 10.1. The molecule has 0 aliphatic rings. The number of hydrogen-bond donors (Lipinski definition) is 1. The minimum atomic E-state index is -0.176. The van der Waals surface area contributed by atoms with Crippen LogP contribution in [0.25, 0.3) is 11.2 Å². The molecule has 154 valence electrons. The van der Waals surface area contributed by atoms with Gasteiger partial charge in [-0.15, -0.1) is 0 Å². The van der Waals surface area contributed by atoms with Crippen LogP contribution in [0.15, 0.2) is 65.5 Å². The minimum absolute atomic E-state index is 0.176. The Morgan fingerprint density at radius 1 is 0.900 bits per heavy atom. The molecule has 0 spiro atoms. The van der Waals surface area contributed by atoms with Crippen molar-refractivity contribution in [2.75, 3.05) is 12.3 Å². The van der Waals surface area contributed by atoms with Crippen molar-refractivity contribution in [3.63, 3.8) is 0 Å². The van der Waals surface area contributed by atoms with E-state index in [1.807, 2.05) is 60.7 Å². The highest BCUT2D eigenvalue weighted by Crippen LogP contribution is 2.22. The van der Waals surface area contributed by atoms with Crippen LogP contribution in [-0.4, -0.2) is 25.7 Å². The van der Waals surface area contributed by atoms with E-state index in [0.717, 1.165) is 24.0 Å². The lowest BCUT2D eigenvalue weighted by atomic mass is 10.2. The summed E-state index contributed by atoms with van der Waals surface area (Å²) in [6.07, 6.45) is 1.90. The van der Waals surface area contributed by atoms with Gasteiger partial charge in [-0.05, 0) is 17.5 Å². The molecule has 2 aromatic heterocycles. The number of nitrogen functional groups attached to an aromatic ring is 1. The Morgan fingerprint density at radius 3 is 2.10 bits per heavy atom. The first-order chi connectivity index (χ1) is 14.7. The Bertz CT molecular complexity index is 1180. The number of unbranched alkanes of at least 4 members (excludes halogenated alkanes) is 1. The highest BCUT2D eigenvalue weighted by molar-refractivity contribution is 5.83. The van der Waals surface area contributed by atoms with Crippen molar-refractivity contribution in [1.82, 2.24) is 19.1 Å². The summed E-state index contributed by atoms with van der Waals surface area (Å²) >= 11 is 0. The van der Waals surface area contributed by atoms with Crippen molar-refractivity contribution in [1.29, 1.82) is 0 Å².